The summed E-state index contributed by atoms with van der Waals surface area (Å²) in [7, 11) is 3.56. The Kier molecular flexibility index (Phi) is 3.11. The number of nitrogens with zero attached hydrogens (tertiary/aromatic N) is 1. The molecule has 0 radical (unpaired) electrons. The minimum absolute atomic E-state index is 0.610. The van der Waals surface area contributed by atoms with E-state index in [4.69, 9.17) is 0 Å². The number of fused-ring (bicyclic) bond motifs is 1. The molecule has 2 aromatic rings. The molecule has 0 heterocycles. The summed E-state index contributed by atoms with van der Waals surface area (Å²) < 4.78 is 0. The number of carboxylic acids is 1. The van der Waals surface area contributed by atoms with Crippen molar-refractivity contribution >= 4 is 16.7 Å². The van der Waals surface area contributed by atoms with Crippen molar-refractivity contribution in [3.05, 3.63) is 48.0 Å². The number of hydrogen-bond acceptors (Lipinski definition) is 2. The molecular weight excluding hydrogens is 214 g/mol. The van der Waals surface area contributed by atoms with Gasteiger partial charge in [0, 0.05) is 0 Å². The zero-order chi connectivity index (χ0) is 12.4. The van der Waals surface area contributed by atoms with Crippen LogP contribution in [0.5, 0.6) is 0 Å². The van der Waals surface area contributed by atoms with Gasteiger partial charge in [-0.1, -0.05) is 42.5 Å². The molecule has 0 aliphatic heterocycles. The SMILES string of the molecule is CN(C)C(C(=O)O)c1cccc2ccccc12. The molecule has 2 aromatic carbocycles. The Balaban J connectivity index is 2.65. The van der Waals surface area contributed by atoms with Gasteiger partial charge in [0.2, 0.25) is 0 Å². The molecule has 0 aliphatic carbocycles. The van der Waals surface area contributed by atoms with Crippen molar-refractivity contribution in [2.24, 2.45) is 0 Å². The zero-order valence-electron chi connectivity index (χ0n) is 9.92. The van der Waals surface area contributed by atoms with Crippen LogP contribution < -0.4 is 0 Å². The summed E-state index contributed by atoms with van der Waals surface area (Å²) in [6, 6.07) is 13.0. The number of rotatable bonds is 3. The van der Waals surface area contributed by atoms with E-state index in [2.05, 4.69) is 0 Å². The van der Waals surface area contributed by atoms with Crippen LogP contribution in [-0.2, 0) is 4.79 Å². The van der Waals surface area contributed by atoms with Gasteiger partial charge in [-0.25, -0.2) is 0 Å². The molecule has 0 fully saturated rings. The lowest BCUT2D eigenvalue weighted by Gasteiger charge is -2.21. The highest BCUT2D eigenvalue weighted by atomic mass is 16.4. The molecule has 0 amide bonds. The fourth-order valence-electron chi connectivity index (χ4n) is 2.12. The lowest BCUT2D eigenvalue weighted by Crippen LogP contribution is -2.27. The first-order valence-corrected chi connectivity index (χ1v) is 5.48. The van der Waals surface area contributed by atoms with Crippen LogP contribution in [0.15, 0.2) is 42.5 Å². The van der Waals surface area contributed by atoms with E-state index in [0.717, 1.165) is 16.3 Å². The Morgan fingerprint density at radius 2 is 1.76 bits per heavy atom. The Hall–Kier alpha value is -1.87. The van der Waals surface area contributed by atoms with Gasteiger partial charge < -0.3 is 5.11 Å². The third kappa shape index (κ3) is 2.15. The predicted octanol–water partition coefficient (Wildman–Crippen LogP) is 2.53. The number of carboxylic acid groups (broad SMARTS) is 1. The topological polar surface area (TPSA) is 40.5 Å². The second kappa shape index (κ2) is 4.55. The van der Waals surface area contributed by atoms with Crippen molar-refractivity contribution in [1.82, 2.24) is 4.90 Å². The van der Waals surface area contributed by atoms with Gasteiger partial charge in [0.15, 0.2) is 0 Å². The van der Waals surface area contributed by atoms with Crippen molar-refractivity contribution in [2.45, 2.75) is 6.04 Å². The van der Waals surface area contributed by atoms with Crippen molar-refractivity contribution in [1.29, 1.82) is 0 Å². The van der Waals surface area contributed by atoms with Gasteiger partial charge >= 0.3 is 5.97 Å². The lowest BCUT2D eigenvalue weighted by molar-refractivity contribution is -0.142. The number of carbonyl (C=O) groups is 1. The molecule has 3 nitrogen and oxygen atoms in total. The monoisotopic (exact) mass is 229 g/mol. The van der Waals surface area contributed by atoms with Crippen LogP contribution in [0.1, 0.15) is 11.6 Å². The molecular formula is C14H15NO2. The fourth-order valence-corrected chi connectivity index (χ4v) is 2.12. The van der Waals surface area contributed by atoms with E-state index in [-0.39, 0.29) is 0 Å². The molecule has 1 atom stereocenters. The van der Waals surface area contributed by atoms with E-state index in [9.17, 15) is 9.90 Å². The second-order valence-corrected chi connectivity index (χ2v) is 4.27. The molecule has 0 aliphatic rings. The standard InChI is InChI=1S/C14H15NO2/c1-15(2)13(14(16)17)12-9-5-7-10-6-3-4-8-11(10)12/h3-9,13H,1-2H3,(H,16,17). The molecule has 0 bridgehead atoms. The smallest absolute Gasteiger partial charge is 0.325 e. The number of likely N-dealkylation sites (N-methyl/N-ethyl adjacent to an activating group) is 1. The van der Waals surface area contributed by atoms with Gasteiger partial charge in [0.05, 0.1) is 0 Å². The van der Waals surface area contributed by atoms with Crippen molar-refractivity contribution in [3.8, 4) is 0 Å². The van der Waals surface area contributed by atoms with Crippen LogP contribution >= 0.6 is 0 Å². The lowest BCUT2D eigenvalue weighted by atomic mass is 9.98. The quantitative estimate of drug-likeness (QED) is 0.879. The van der Waals surface area contributed by atoms with E-state index >= 15 is 0 Å². The number of benzene rings is 2. The van der Waals surface area contributed by atoms with E-state index in [1.807, 2.05) is 42.5 Å². The maximum Gasteiger partial charge on any atom is 0.325 e. The average Bonchev–Trinajstić information content (AvgIpc) is 2.28. The van der Waals surface area contributed by atoms with Crippen LogP contribution in [0.2, 0.25) is 0 Å². The number of hydrogen-bond donors (Lipinski definition) is 1. The van der Waals surface area contributed by atoms with Crippen LogP contribution in [0.3, 0.4) is 0 Å². The molecule has 0 saturated heterocycles. The highest BCUT2D eigenvalue weighted by Crippen LogP contribution is 2.27. The van der Waals surface area contributed by atoms with E-state index < -0.39 is 12.0 Å². The Bertz CT molecular complexity index is 543. The van der Waals surface area contributed by atoms with Gasteiger partial charge in [-0.05, 0) is 30.4 Å². The predicted molar refractivity (Wildman–Crippen MR) is 68.0 cm³/mol. The Morgan fingerprint density at radius 1 is 1.12 bits per heavy atom. The van der Waals surface area contributed by atoms with Crippen LogP contribution in [0.4, 0.5) is 0 Å². The normalized spacial score (nSPS) is 12.9. The summed E-state index contributed by atoms with van der Waals surface area (Å²) in [5.41, 5.74) is 0.834. The van der Waals surface area contributed by atoms with Gasteiger partial charge in [0.25, 0.3) is 0 Å². The summed E-state index contributed by atoms with van der Waals surface area (Å²) in [5, 5.41) is 11.4. The summed E-state index contributed by atoms with van der Waals surface area (Å²) in [6.45, 7) is 0. The van der Waals surface area contributed by atoms with Gasteiger partial charge in [0.1, 0.15) is 6.04 Å². The van der Waals surface area contributed by atoms with Gasteiger partial charge in [-0.15, -0.1) is 0 Å². The number of aliphatic carboxylic acids is 1. The largest absolute Gasteiger partial charge is 0.480 e. The highest BCUT2D eigenvalue weighted by Gasteiger charge is 2.23. The van der Waals surface area contributed by atoms with Crippen molar-refractivity contribution in [3.63, 3.8) is 0 Å². The van der Waals surface area contributed by atoms with Crippen LogP contribution in [-0.4, -0.2) is 30.1 Å². The first-order chi connectivity index (χ1) is 8.11. The third-order valence-electron chi connectivity index (χ3n) is 2.87. The highest BCUT2D eigenvalue weighted by molar-refractivity contribution is 5.90. The van der Waals surface area contributed by atoms with Crippen molar-refractivity contribution < 1.29 is 9.90 Å². The van der Waals surface area contributed by atoms with Gasteiger partial charge in [-0.3, -0.25) is 9.69 Å². The molecule has 1 unspecified atom stereocenters. The minimum Gasteiger partial charge on any atom is -0.480 e. The summed E-state index contributed by atoms with van der Waals surface area (Å²) in [5.74, 6) is -0.827. The second-order valence-electron chi connectivity index (χ2n) is 4.27. The maximum atomic E-state index is 11.3. The first kappa shape index (κ1) is 11.6. The Labute approximate surface area is 100 Å². The maximum absolute atomic E-state index is 11.3. The summed E-state index contributed by atoms with van der Waals surface area (Å²) in [6.07, 6.45) is 0. The van der Waals surface area contributed by atoms with E-state index in [0.29, 0.717) is 0 Å². The molecule has 1 N–H and O–H groups in total. The van der Waals surface area contributed by atoms with Crippen LogP contribution in [0.25, 0.3) is 10.8 Å². The van der Waals surface area contributed by atoms with E-state index in [1.165, 1.54) is 0 Å². The molecule has 17 heavy (non-hydrogen) atoms. The summed E-state index contributed by atoms with van der Waals surface area (Å²) >= 11 is 0. The third-order valence-corrected chi connectivity index (χ3v) is 2.87. The molecule has 2 rings (SSSR count). The molecule has 0 saturated carbocycles. The molecule has 0 spiro atoms. The Morgan fingerprint density at radius 3 is 2.41 bits per heavy atom. The fraction of sp³-hybridized carbons (Fsp3) is 0.214. The first-order valence-electron chi connectivity index (χ1n) is 5.48. The molecule has 3 heteroatoms. The molecule has 88 valence electrons. The van der Waals surface area contributed by atoms with E-state index in [1.54, 1.807) is 19.0 Å². The average molecular weight is 229 g/mol. The molecule has 0 aromatic heterocycles. The summed E-state index contributed by atoms with van der Waals surface area (Å²) in [4.78, 5) is 13.1. The van der Waals surface area contributed by atoms with Crippen molar-refractivity contribution in [2.75, 3.05) is 14.1 Å². The van der Waals surface area contributed by atoms with Gasteiger partial charge in [-0.2, -0.15) is 0 Å². The minimum atomic E-state index is -0.827. The zero-order valence-corrected chi connectivity index (χ0v) is 9.92. The van der Waals surface area contributed by atoms with Crippen LogP contribution in [0, 0.1) is 0 Å².